The molecule has 0 aliphatic rings. The van der Waals surface area contributed by atoms with Gasteiger partial charge in [0.15, 0.2) is 0 Å². The van der Waals surface area contributed by atoms with Gasteiger partial charge in [0.2, 0.25) is 5.91 Å². The van der Waals surface area contributed by atoms with Gasteiger partial charge in [0.1, 0.15) is 5.75 Å². The molecule has 0 saturated heterocycles. The van der Waals surface area contributed by atoms with Gasteiger partial charge >= 0.3 is 12.6 Å². The first-order valence-electron chi connectivity index (χ1n) is 7.25. The van der Waals surface area contributed by atoms with E-state index >= 15 is 0 Å². The fourth-order valence-corrected chi connectivity index (χ4v) is 1.99. The van der Waals surface area contributed by atoms with Crippen LogP contribution in [0.1, 0.15) is 10.4 Å². The Balaban J connectivity index is 1.92. The molecule has 0 spiro atoms. The minimum Gasteiger partial charge on any atom is -0.465 e. The SMILES string of the molecule is COC(=O)c1ccc(NCC(=O)Nc2ccccc2OC(F)F)cc1. The minimum atomic E-state index is -2.98. The van der Waals surface area contributed by atoms with E-state index in [-0.39, 0.29) is 18.0 Å². The number of halogens is 2. The van der Waals surface area contributed by atoms with Crippen LogP contribution in [0.3, 0.4) is 0 Å². The Hall–Kier alpha value is -3.16. The van der Waals surface area contributed by atoms with Crippen LogP contribution in [0.25, 0.3) is 0 Å². The van der Waals surface area contributed by atoms with Gasteiger partial charge in [-0.05, 0) is 36.4 Å². The van der Waals surface area contributed by atoms with Crippen LogP contribution in [-0.2, 0) is 9.53 Å². The fraction of sp³-hybridized carbons (Fsp3) is 0.176. The van der Waals surface area contributed by atoms with Crippen LogP contribution in [-0.4, -0.2) is 32.1 Å². The molecule has 0 aliphatic carbocycles. The highest BCUT2D eigenvalue weighted by Crippen LogP contribution is 2.25. The molecule has 132 valence electrons. The van der Waals surface area contributed by atoms with Crippen LogP contribution >= 0.6 is 0 Å². The highest BCUT2D eigenvalue weighted by atomic mass is 19.3. The van der Waals surface area contributed by atoms with Crippen LogP contribution < -0.4 is 15.4 Å². The molecule has 0 bridgehead atoms. The lowest BCUT2D eigenvalue weighted by atomic mass is 10.2. The molecule has 25 heavy (non-hydrogen) atoms. The maximum atomic E-state index is 12.3. The summed E-state index contributed by atoms with van der Waals surface area (Å²) >= 11 is 0. The molecule has 0 radical (unpaired) electrons. The molecule has 0 fully saturated rings. The number of para-hydroxylation sites is 2. The van der Waals surface area contributed by atoms with E-state index in [0.717, 1.165) is 0 Å². The second-order valence-electron chi connectivity index (χ2n) is 4.85. The van der Waals surface area contributed by atoms with Crippen molar-refractivity contribution in [1.82, 2.24) is 0 Å². The van der Waals surface area contributed by atoms with Crippen molar-refractivity contribution in [2.24, 2.45) is 0 Å². The third kappa shape index (κ3) is 5.45. The van der Waals surface area contributed by atoms with E-state index < -0.39 is 18.5 Å². The van der Waals surface area contributed by atoms with Gasteiger partial charge in [-0.3, -0.25) is 4.79 Å². The molecule has 6 nitrogen and oxygen atoms in total. The highest BCUT2D eigenvalue weighted by molar-refractivity contribution is 5.95. The molecule has 8 heteroatoms. The van der Waals surface area contributed by atoms with Gasteiger partial charge in [-0.15, -0.1) is 0 Å². The second-order valence-corrected chi connectivity index (χ2v) is 4.85. The van der Waals surface area contributed by atoms with E-state index in [1.165, 1.54) is 25.3 Å². The number of esters is 1. The number of ether oxygens (including phenoxy) is 2. The van der Waals surface area contributed by atoms with Crippen molar-refractivity contribution in [3.8, 4) is 5.75 Å². The average Bonchev–Trinajstić information content (AvgIpc) is 2.61. The van der Waals surface area contributed by atoms with E-state index in [0.29, 0.717) is 11.3 Å². The molecule has 2 rings (SSSR count). The van der Waals surface area contributed by atoms with E-state index in [9.17, 15) is 18.4 Å². The third-order valence-electron chi connectivity index (χ3n) is 3.14. The van der Waals surface area contributed by atoms with Crippen LogP contribution in [0.4, 0.5) is 20.2 Å². The Bertz CT molecular complexity index is 736. The lowest BCUT2D eigenvalue weighted by Crippen LogP contribution is -2.22. The predicted octanol–water partition coefficient (Wildman–Crippen LogP) is 3.13. The zero-order valence-corrected chi connectivity index (χ0v) is 13.3. The summed E-state index contributed by atoms with van der Waals surface area (Å²) in [4.78, 5) is 23.3. The largest absolute Gasteiger partial charge is 0.465 e. The highest BCUT2D eigenvalue weighted by Gasteiger charge is 2.11. The lowest BCUT2D eigenvalue weighted by molar-refractivity contribution is -0.114. The molecule has 2 N–H and O–H groups in total. The average molecular weight is 350 g/mol. The molecule has 0 heterocycles. The molecule has 0 aliphatic heterocycles. The Morgan fingerprint density at radius 3 is 2.40 bits per heavy atom. The number of amides is 1. The lowest BCUT2D eigenvalue weighted by Gasteiger charge is -2.12. The Morgan fingerprint density at radius 2 is 1.76 bits per heavy atom. The van der Waals surface area contributed by atoms with Crippen molar-refractivity contribution in [2.75, 3.05) is 24.3 Å². The Morgan fingerprint density at radius 1 is 1.08 bits per heavy atom. The number of methoxy groups -OCH3 is 1. The molecule has 0 atom stereocenters. The zero-order valence-electron chi connectivity index (χ0n) is 13.3. The molecule has 1 amide bonds. The molecular formula is C17H16F2N2O4. The van der Waals surface area contributed by atoms with Crippen LogP contribution in [0.2, 0.25) is 0 Å². The van der Waals surface area contributed by atoms with E-state index in [2.05, 4.69) is 20.1 Å². The molecule has 0 aromatic heterocycles. The molecule has 2 aromatic rings. The summed E-state index contributed by atoms with van der Waals surface area (Å²) in [5.74, 6) is -1.02. The van der Waals surface area contributed by atoms with Crippen LogP contribution in [0.15, 0.2) is 48.5 Å². The second kappa shape index (κ2) is 8.62. The third-order valence-corrected chi connectivity index (χ3v) is 3.14. The maximum absolute atomic E-state index is 12.3. The molecule has 2 aromatic carbocycles. The van der Waals surface area contributed by atoms with Crippen molar-refractivity contribution in [3.63, 3.8) is 0 Å². The summed E-state index contributed by atoms with van der Waals surface area (Å²) in [6.45, 7) is -3.08. The number of alkyl halides is 2. The van der Waals surface area contributed by atoms with Crippen molar-refractivity contribution in [2.45, 2.75) is 6.61 Å². The van der Waals surface area contributed by atoms with E-state index in [1.54, 1.807) is 30.3 Å². The number of hydrogen-bond acceptors (Lipinski definition) is 5. The van der Waals surface area contributed by atoms with Gasteiger partial charge in [0.05, 0.1) is 24.9 Å². The Kier molecular flexibility index (Phi) is 6.27. The van der Waals surface area contributed by atoms with Gasteiger partial charge in [-0.1, -0.05) is 12.1 Å². The summed E-state index contributed by atoms with van der Waals surface area (Å²) < 4.78 is 33.6. The Labute approximate surface area is 142 Å². The molecular weight excluding hydrogens is 334 g/mol. The van der Waals surface area contributed by atoms with Crippen LogP contribution in [0.5, 0.6) is 5.75 Å². The number of rotatable bonds is 7. The summed E-state index contributed by atoms with van der Waals surface area (Å²) in [5, 5.41) is 5.35. The van der Waals surface area contributed by atoms with E-state index in [1.807, 2.05) is 0 Å². The van der Waals surface area contributed by atoms with Crippen molar-refractivity contribution >= 4 is 23.3 Å². The smallest absolute Gasteiger partial charge is 0.387 e. The first kappa shape index (κ1) is 18.2. The monoisotopic (exact) mass is 350 g/mol. The normalized spacial score (nSPS) is 10.2. The number of nitrogens with one attached hydrogen (secondary N) is 2. The summed E-state index contributed by atoms with van der Waals surface area (Å²) in [5.41, 5.74) is 1.14. The van der Waals surface area contributed by atoms with Gasteiger partial charge < -0.3 is 20.1 Å². The van der Waals surface area contributed by atoms with Crippen molar-refractivity contribution in [1.29, 1.82) is 0 Å². The first-order valence-corrected chi connectivity index (χ1v) is 7.25. The fourth-order valence-electron chi connectivity index (χ4n) is 1.99. The van der Waals surface area contributed by atoms with Crippen LogP contribution in [0, 0.1) is 0 Å². The maximum Gasteiger partial charge on any atom is 0.387 e. The number of carbonyl (C=O) groups is 2. The number of hydrogen-bond donors (Lipinski definition) is 2. The zero-order chi connectivity index (χ0) is 18.2. The van der Waals surface area contributed by atoms with Gasteiger partial charge in [0.25, 0.3) is 0 Å². The van der Waals surface area contributed by atoms with Crippen molar-refractivity contribution in [3.05, 3.63) is 54.1 Å². The topological polar surface area (TPSA) is 76.7 Å². The summed E-state index contributed by atoms with van der Waals surface area (Å²) in [6, 6.07) is 12.2. The van der Waals surface area contributed by atoms with E-state index in [4.69, 9.17) is 0 Å². The molecule has 0 saturated carbocycles. The van der Waals surface area contributed by atoms with Gasteiger partial charge in [-0.2, -0.15) is 8.78 Å². The number of anilines is 2. The van der Waals surface area contributed by atoms with Crippen molar-refractivity contribution < 1.29 is 27.8 Å². The quantitative estimate of drug-likeness (QED) is 0.751. The number of benzene rings is 2. The summed E-state index contributed by atoms with van der Waals surface area (Å²) in [7, 11) is 1.29. The van der Waals surface area contributed by atoms with Gasteiger partial charge in [-0.25, -0.2) is 4.79 Å². The first-order chi connectivity index (χ1) is 12.0. The molecule has 0 unspecified atom stereocenters. The summed E-state index contributed by atoms with van der Waals surface area (Å²) in [6.07, 6.45) is 0. The number of carbonyl (C=O) groups excluding carboxylic acids is 2. The minimum absolute atomic E-state index is 0.0966. The predicted molar refractivity (Wildman–Crippen MR) is 88.0 cm³/mol. The standard InChI is InChI=1S/C17H16F2N2O4/c1-24-16(23)11-6-8-12(9-7-11)20-10-15(22)21-13-4-2-3-5-14(13)25-17(18)19/h2-9,17,20H,10H2,1H3,(H,21,22). The van der Waals surface area contributed by atoms with Gasteiger partial charge in [0, 0.05) is 5.69 Å².